The zero-order chi connectivity index (χ0) is 17.2. The van der Waals surface area contributed by atoms with Crippen LogP contribution in [0.4, 0.5) is 0 Å². The minimum atomic E-state index is 1.08. The van der Waals surface area contributed by atoms with Gasteiger partial charge in [0.15, 0.2) is 0 Å². The lowest BCUT2D eigenvalue weighted by Crippen LogP contribution is -1.97. The third-order valence-electron chi connectivity index (χ3n) is 5.66. The highest BCUT2D eigenvalue weighted by Gasteiger charge is 2.20. The van der Waals surface area contributed by atoms with Gasteiger partial charge in [0, 0.05) is 30.4 Å². The van der Waals surface area contributed by atoms with Crippen molar-refractivity contribution in [2.24, 2.45) is 14.1 Å². The number of hydrogen-bond donors (Lipinski definition) is 0. The Kier molecular flexibility index (Phi) is 3.11. The molecule has 4 aromatic rings. The number of aromatic nitrogens is 3. The number of aryl methyl sites for hydroxylation is 4. The van der Waals surface area contributed by atoms with Crippen LogP contribution in [-0.4, -0.2) is 14.3 Å². The van der Waals surface area contributed by atoms with Gasteiger partial charge >= 0.3 is 0 Å². The first-order valence-corrected chi connectivity index (χ1v) is 8.39. The van der Waals surface area contributed by atoms with Crippen LogP contribution in [0.15, 0.2) is 30.3 Å². The van der Waals surface area contributed by atoms with Gasteiger partial charge in [-0.05, 0) is 62.1 Å². The molecule has 0 unspecified atom stereocenters. The van der Waals surface area contributed by atoms with Gasteiger partial charge in [0.25, 0.3) is 0 Å². The Balaban J connectivity index is 2.16. The third kappa shape index (κ3) is 1.81. The van der Waals surface area contributed by atoms with Crippen molar-refractivity contribution in [3.05, 3.63) is 52.6 Å². The molecule has 2 heterocycles. The molecule has 0 saturated heterocycles. The van der Waals surface area contributed by atoms with E-state index in [0.717, 1.165) is 5.69 Å². The summed E-state index contributed by atoms with van der Waals surface area (Å²) in [5.74, 6) is 0. The summed E-state index contributed by atoms with van der Waals surface area (Å²) in [6.07, 6.45) is 0. The molecule has 0 atom stereocenters. The summed E-state index contributed by atoms with van der Waals surface area (Å²) in [5, 5.41) is 7.45. The number of benzene rings is 2. The minimum absolute atomic E-state index is 1.08. The van der Waals surface area contributed by atoms with Gasteiger partial charge in [0.05, 0.1) is 11.2 Å². The summed E-state index contributed by atoms with van der Waals surface area (Å²) in [6.45, 7) is 8.85. The van der Waals surface area contributed by atoms with E-state index in [-0.39, 0.29) is 0 Å². The number of para-hydroxylation sites is 1. The molecule has 2 aromatic heterocycles. The Labute approximate surface area is 142 Å². The van der Waals surface area contributed by atoms with Crippen LogP contribution >= 0.6 is 0 Å². The molecule has 3 nitrogen and oxygen atoms in total. The molecule has 0 bridgehead atoms. The zero-order valence-corrected chi connectivity index (χ0v) is 15.2. The van der Waals surface area contributed by atoms with Crippen molar-refractivity contribution in [1.82, 2.24) is 14.3 Å². The standard InChI is InChI=1S/C21H23N3/c1-12-13(2)15(4)21-19(14(12)3)20(22-24(21)6)18-11-16-9-7-8-10-17(16)23(18)5/h7-11H,1-6H3. The SMILES string of the molecule is Cc1c(C)c(C)c2c(c(-c3cc4ccccc4n3C)nn2C)c1C. The lowest BCUT2D eigenvalue weighted by Gasteiger charge is -2.12. The quantitative estimate of drug-likeness (QED) is 0.486. The molecule has 0 fully saturated rings. The summed E-state index contributed by atoms with van der Waals surface area (Å²) in [7, 11) is 4.18. The highest BCUT2D eigenvalue weighted by Crippen LogP contribution is 2.37. The largest absolute Gasteiger partial charge is 0.342 e. The molecule has 2 aromatic carbocycles. The summed E-state index contributed by atoms with van der Waals surface area (Å²) in [5.41, 5.74) is 10.1. The second-order valence-electron chi connectivity index (χ2n) is 6.84. The molecule has 24 heavy (non-hydrogen) atoms. The van der Waals surface area contributed by atoms with E-state index >= 15 is 0 Å². The lowest BCUT2D eigenvalue weighted by molar-refractivity contribution is 0.793. The predicted molar refractivity (Wildman–Crippen MR) is 102 cm³/mol. The van der Waals surface area contributed by atoms with E-state index in [2.05, 4.69) is 76.7 Å². The van der Waals surface area contributed by atoms with Gasteiger partial charge < -0.3 is 4.57 Å². The summed E-state index contributed by atoms with van der Waals surface area (Å²) < 4.78 is 4.29. The van der Waals surface area contributed by atoms with Crippen molar-refractivity contribution < 1.29 is 0 Å². The van der Waals surface area contributed by atoms with Crippen molar-refractivity contribution in [1.29, 1.82) is 0 Å². The van der Waals surface area contributed by atoms with Crippen LogP contribution in [0.1, 0.15) is 22.3 Å². The second kappa shape index (κ2) is 4.97. The molecule has 3 heteroatoms. The molecule has 0 aliphatic heterocycles. The van der Waals surface area contributed by atoms with Gasteiger partial charge in [-0.1, -0.05) is 18.2 Å². The van der Waals surface area contributed by atoms with Gasteiger partial charge in [0.2, 0.25) is 0 Å². The first-order chi connectivity index (χ1) is 11.4. The van der Waals surface area contributed by atoms with E-state index in [4.69, 9.17) is 5.10 Å². The van der Waals surface area contributed by atoms with Crippen molar-refractivity contribution in [2.75, 3.05) is 0 Å². The highest BCUT2D eigenvalue weighted by atomic mass is 15.3. The van der Waals surface area contributed by atoms with Crippen molar-refractivity contribution in [2.45, 2.75) is 27.7 Å². The Morgan fingerprint density at radius 2 is 1.50 bits per heavy atom. The molecule has 0 saturated carbocycles. The third-order valence-corrected chi connectivity index (χ3v) is 5.66. The highest BCUT2D eigenvalue weighted by molar-refractivity contribution is 6.00. The maximum Gasteiger partial charge on any atom is 0.117 e. The molecular formula is C21H23N3. The number of nitrogens with zero attached hydrogens (tertiary/aromatic N) is 3. The second-order valence-corrected chi connectivity index (χ2v) is 6.84. The molecular weight excluding hydrogens is 294 g/mol. The Bertz CT molecular complexity index is 1110. The smallest absolute Gasteiger partial charge is 0.117 e. The van der Waals surface area contributed by atoms with Crippen LogP contribution in [0.3, 0.4) is 0 Å². The van der Waals surface area contributed by atoms with E-state index in [0.29, 0.717) is 0 Å². The van der Waals surface area contributed by atoms with Crippen molar-refractivity contribution in [3.63, 3.8) is 0 Å². The summed E-state index contributed by atoms with van der Waals surface area (Å²) in [4.78, 5) is 0. The molecule has 4 rings (SSSR count). The monoisotopic (exact) mass is 317 g/mol. The van der Waals surface area contributed by atoms with Crippen LogP contribution < -0.4 is 0 Å². The molecule has 0 radical (unpaired) electrons. The predicted octanol–water partition coefficient (Wildman–Crippen LogP) is 4.97. The van der Waals surface area contributed by atoms with E-state index in [1.54, 1.807) is 0 Å². The molecule has 0 N–H and O–H groups in total. The number of rotatable bonds is 1. The fourth-order valence-corrected chi connectivity index (χ4v) is 3.93. The summed E-state index contributed by atoms with van der Waals surface area (Å²) >= 11 is 0. The maximum atomic E-state index is 4.92. The van der Waals surface area contributed by atoms with Crippen LogP contribution in [-0.2, 0) is 14.1 Å². The molecule has 122 valence electrons. The van der Waals surface area contributed by atoms with Crippen LogP contribution in [0, 0.1) is 27.7 Å². The lowest BCUT2D eigenvalue weighted by atomic mass is 9.94. The average Bonchev–Trinajstić information content (AvgIpc) is 3.09. The van der Waals surface area contributed by atoms with E-state index < -0.39 is 0 Å². The topological polar surface area (TPSA) is 22.8 Å². The normalized spacial score (nSPS) is 11.8. The maximum absolute atomic E-state index is 4.92. The van der Waals surface area contributed by atoms with E-state index in [1.165, 1.54) is 49.8 Å². The van der Waals surface area contributed by atoms with Gasteiger partial charge in [-0.2, -0.15) is 5.10 Å². The van der Waals surface area contributed by atoms with Gasteiger partial charge in [-0.3, -0.25) is 4.68 Å². The van der Waals surface area contributed by atoms with Crippen LogP contribution in [0.25, 0.3) is 33.2 Å². The minimum Gasteiger partial charge on any atom is -0.342 e. The van der Waals surface area contributed by atoms with Crippen LogP contribution in [0.2, 0.25) is 0 Å². The average molecular weight is 317 g/mol. The summed E-state index contributed by atoms with van der Waals surface area (Å²) in [6, 6.07) is 10.8. The Morgan fingerprint density at radius 3 is 2.21 bits per heavy atom. The zero-order valence-electron chi connectivity index (χ0n) is 15.2. The molecule has 0 aliphatic carbocycles. The fourth-order valence-electron chi connectivity index (χ4n) is 3.93. The van der Waals surface area contributed by atoms with Crippen molar-refractivity contribution >= 4 is 21.8 Å². The Morgan fingerprint density at radius 1 is 0.833 bits per heavy atom. The first kappa shape index (κ1) is 15.0. The van der Waals surface area contributed by atoms with E-state index in [9.17, 15) is 0 Å². The first-order valence-electron chi connectivity index (χ1n) is 8.39. The Hall–Kier alpha value is -2.55. The number of fused-ring (bicyclic) bond motifs is 2. The number of hydrogen-bond acceptors (Lipinski definition) is 1. The van der Waals surface area contributed by atoms with E-state index in [1.807, 2.05) is 4.68 Å². The van der Waals surface area contributed by atoms with Crippen molar-refractivity contribution in [3.8, 4) is 11.4 Å². The molecule has 0 spiro atoms. The van der Waals surface area contributed by atoms with Gasteiger partial charge in [0.1, 0.15) is 5.69 Å². The van der Waals surface area contributed by atoms with Crippen LogP contribution in [0.5, 0.6) is 0 Å². The van der Waals surface area contributed by atoms with Gasteiger partial charge in [-0.15, -0.1) is 0 Å². The fraction of sp³-hybridized carbons (Fsp3) is 0.286. The molecule has 0 aliphatic rings. The van der Waals surface area contributed by atoms with Gasteiger partial charge in [-0.25, -0.2) is 0 Å². The molecule has 0 amide bonds.